The highest BCUT2D eigenvalue weighted by Gasteiger charge is 2.16. The number of aromatic nitrogens is 2. The molecule has 0 aliphatic heterocycles. The lowest BCUT2D eigenvalue weighted by molar-refractivity contribution is -0.662. The van der Waals surface area contributed by atoms with E-state index in [2.05, 4.69) is 30.1 Å². The summed E-state index contributed by atoms with van der Waals surface area (Å²) in [6.07, 6.45) is 1.81. The van der Waals surface area contributed by atoms with Crippen LogP contribution in [0.4, 0.5) is 4.39 Å². The molecule has 0 aliphatic carbocycles. The largest absolute Gasteiger partial charge is 0.287 e. The second-order valence-corrected chi connectivity index (χ2v) is 5.18. The van der Waals surface area contributed by atoms with Crippen molar-refractivity contribution in [2.24, 2.45) is 7.05 Å². The third-order valence-corrected chi connectivity index (χ3v) is 3.57. The lowest BCUT2D eigenvalue weighted by atomic mass is 10.0. The Morgan fingerprint density at radius 3 is 2.60 bits per heavy atom. The van der Waals surface area contributed by atoms with Crippen LogP contribution in [0.2, 0.25) is 0 Å². The van der Waals surface area contributed by atoms with Gasteiger partial charge in [-0.25, -0.2) is 8.96 Å². The summed E-state index contributed by atoms with van der Waals surface area (Å²) in [5.41, 5.74) is 5.16. The summed E-state index contributed by atoms with van der Waals surface area (Å²) < 4.78 is 15.3. The molecule has 0 spiro atoms. The van der Waals surface area contributed by atoms with E-state index in [0.29, 0.717) is 0 Å². The second kappa shape index (κ2) is 4.67. The monoisotopic (exact) mass is 267 g/mol. The maximum absolute atomic E-state index is 13.3. The summed E-state index contributed by atoms with van der Waals surface area (Å²) >= 11 is 0. The minimum absolute atomic E-state index is 0.205. The van der Waals surface area contributed by atoms with Gasteiger partial charge in [-0.2, -0.15) is 0 Å². The molecule has 100 valence electrons. The Kier molecular flexibility index (Phi) is 2.97. The molecule has 0 bridgehead atoms. The summed E-state index contributed by atoms with van der Waals surface area (Å²) in [7, 11) is 1.96. The van der Waals surface area contributed by atoms with Crippen LogP contribution in [0.1, 0.15) is 11.1 Å². The lowest BCUT2D eigenvalue weighted by Crippen LogP contribution is -2.31. The Morgan fingerprint density at radius 1 is 1.05 bits per heavy atom. The van der Waals surface area contributed by atoms with Crippen LogP contribution >= 0.6 is 0 Å². The molecule has 20 heavy (non-hydrogen) atoms. The highest BCUT2D eigenvalue weighted by Crippen LogP contribution is 2.27. The molecule has 0 radical (unpaired) electrons. The maximum atomic E-state index is 13.3. The number of benzene rings is 2. The Bertz CT molecular complexity index is 809. The molecule has 0 atom stereocenters. The molecule has 0 amide bonds. The molecule has 1 aromatic heterocycles. The molecule has 0 fully saturated rings. The molecule has 3 aromatic rings. The van der Waals surface area contributed by atoms with Crippen LogP contribution in [-0.4, -0.2) is 4.98 Å². The van der Waals surface area contributed by atoms with Gasteiger partial charge in [0.15, 0.2) is 5.52 Å². The molecule has 1 heterocycles. The van der Waals surface area contributed by atoms with Crippen molar-refractivity contribution in [3.63, 3.8) is 0 Å². The normalized spacial score (nSPS) is 11.0. The van der Waals surface area contributed by atoms with Crippen LogP contribution in [0, 0.1) is 19.7 Å². The Balaban J connectivity index is 2.37. The average molecular weight is 267 g/mol. The van der Waals surface area contributed by atoms with Gasteiger partial charge in [0, 0.05) is 5.56 Å². The van der Waals surface area contributed by atoms with Gasteiger partial charge in [0.2, 0.25) is 0 Å². The molecule has 3 heteroatoms. The molecule has 2 nitrogen and oxygen atoms in total. The van der Waals surface area contributed by atoms with Gasteiger partial charge in [0.05, 0.1) is 12.4 Å². The summed E-state index contributed by atoms with van der Waals surface area (Å²) in [6, 6.07) is 11.1. The van der Waals surface area contributed by atoms with Crippen LogP contribution in [0.25, 0.3) is 22.2 Å². The predicted octanol–water partition coefficient (Wildman–Crippen LogP) is 3.48. The topological polar surface area (TPSA) is 16.8 Å². The van der Waals surface area contributed by atoms with Gasteiger partial charge in [-0.1, -0.05) is 6.07 Å². The molecule has 0 N–H and O–H groups in total. The molecule has 0 saturated carbocycles. The van der Waals surface area contributed by atoms with Crippen LogP contribution in [0.5, 0.6) is 0 Å². The van der Waals surface area contributed by atoms with Crippen molar-refractivity contribution in [1.29, 1.82) is 0 Å². The molecule has 0 unspecified atom stereocenters. The van der Waals surface area contributed by atoms with E-state index in [1.54, 1.807) is 12.4 Å². The van der Waals surface area contributed by atoms with E-state index in [0.717, 1.165) is 27.7 Å². The highest BCUT2D eigenvalue weighted by atomic mass is 19.1. The van der Waals surface area contributed by atoms with Gasteiger partial charge in [-0.15, -0.1) is 0 Å². The van der Waals surface area contributed by atoms with Gasteiger partial charge >= 0.3 is 0 Å². The third kappa shape index (κ3) is 2.05. The molecular formula is C17H16FN2+. The zero-order valence-electron chi connectivity index (χ0n) is 11.8. The van der Waals surface area contributed by atoms with E-state index in [1.165, 1.54) is 11.6 Å². The first-order chi connectivity index (χ1) is 9.56. The summed E-state index contributed by atoms with van der Waals surface area (Å²) in [5.74, 6) is -0.205. The van der Waals surface area contributed by atoms with E-state index in [1.807, 2.05) is 24.6 Å². The van der Waals surface area contributed by atoms with Crippen LogP contribution in [-0.2, 0) is 7.05 Å². The van der Waals surface area contributed by atoms with Crippen molar-refractivity contribution in [1.82, 2.24) is 4.98 Å². The van der Waals surface area contributed by atoms with E-state index < -0.39 is 0 Å². The van der Waals surface area contributed by atoms with E-state index in [-0.39, 0.29) is 5.82 Å². The number of aryl methyl sites for hydroxylation is 3. The van der Waals surface area contributed by atoms with Gasteiger partial charge < -0.3 is 0 Å². The molecule has 0 aliphatic rings. The summed E-state index contributed by atoms with van der Waals surface area (Å²) in [5, 5.41) is 1.08. The number of nitrogens with zero attached hydrogens (tertiary/aromatic N) is 2. The van der Waals surface area contributed by atoms with Crippen molar-refractivity contribution in [2.45, 2.75) is 13.8 Å². The summed E-state index contributed by atoms with van der Waals surface area (Å²) in [4.78, 5) is 4.46. The first-order valence-electron chi connectivity index (χ1n) is 6.58. The fraction of sp³-hybridized carbons (Fsp3) is 0.176. The quantitative estimate of drug-likeness (QED) is 0.617. The lowest BCUT2D eigenvalue weighted by Gasteiger charge is -2.09. The molecule has 3 rings (SSSR count). The van der Waals surface area contributed by atoms with Crippen molar-refractivity contribution in [3.05, 3.63) is 59.7 Å². The van der Waals surface area contributed by atoms with E-state index in [9.17, 15) is 4.39 Å². The Labute approximate surface area is 117 Å². The van der Waals surface area contributed by atoms with Gasteiger partial charge in [0.1, 0.15) is 11.5 Å². The third-order valence-electron chi connectivity index (χ3n) is 3.57. The SMILES string of the molecule is Cc1ccc2c(-c3ccc(F)cc3C)[n+](C)cnc2c1. The number of rotatable bonds is 1. The van der Waals surface area contributed by atoms with E-state index >= 15 is 0 Å². The number of hydrogen-bond acceptors (Lipinski definition) is 1. The van der Waals surface area contributed by atoms with Crippen molar-refractivity contribution >= 4 is 10.9 Å². The summed E-state index contributed by atoms with van der Waals surface area (Å²) in [6.45, 7) is 3.98. The first-order valence-corrected chi connectivity index (χ1v) is 6.58. The predicted molar refractivity (Wildman–Crippen MR) is 77.8 cm³/mol. The van der Waals surface area contributed by atoms with Crippen LogP contribution in [0.3, 0.4) is 0 Å². The first kappa shape index (κ1) is 12.7. The zero-order valence-corrected chi connectivity index (χ0v) is 11.8. The standard InChI is InChI=1S/C17H16FN2/c1-11-4-6-15-16(8-11)19-10-20(3)17(15)14-7-5-13(18)9-12(14)2/h4-10H,1-3H3/q+1. The number of fused-ring (bicyclic) bond motifs is 1. The maximum Gasteiger partial charge on any atom is 0.287 e. The van der Waals surface area contributed by atoms with E-state index in [4.69, 9.17) is 0 Å². The molecule has 2 aromatic carbocycles. The van der Waals surface area contributed by atoms with Crippen LogP contribution in [0.15, 0.2) is 42.7 Å². The van der Waals surface area contributed by atoms with Gasteiger partial charge in [0.25, 0.3) is 6.33 Å². The zero-order chi connectivity index (χ0) is 14.3. The smallest absolute Gasteiger partial charge is 0.232 e. The molecular weight excluding hydrogens is 251 g/mol. The van der Waals surface area contributed by atoms with Crippen LogP contribution < -0.4 is 4.57 Å². The number of halogens is 1. The number of hydrogen-bond donors (Lipinski definition) is 0. The fourth-order valence-corrected chi connectivity index (χ4v) is 2.57. The van der Waals surface area contributed by atoms with Gasteiger partial charge in [-0.05, 0) is 60.3 Å². The minimum Gasteiger partial charge on any atom is -0.232 e. The fourth-order valence-electron chi connectivity index (χ4n) is 2.57. The average Bonchev–Trinajstić information content (AvgIpc) is 2.40. The highest BCUT2D eigenvalue weighted by molar-refractivity contribution is 5.91. The van der Waals surface area contributed by atoms with Crippen molar-refractivity contribution in [2.75, 3.05) is 0 Å². The Hall–Kier alpha value is -2.29. The van der Waals surface area contributed by atoms with Crippen molar-refractivity contribution in [3.8, 4) is 11.3 Å². The van der Waals surface area contributed by atoms with Crippen molar-refractivity contribution < 1.29 is 8.96 Å². The molecule has 0 saturated heterocycles. The second-order valence-electron chi connectivity index (χ2n) is 5.18. The minimum atomic E-state index is -0.205. The van der Waals surface area contributed by atoms with Gasteiger partial charge in [-0.3, -0.25) is 0 Å². The Morgan fingerprint density at radius 2 is 1.85 bits per heavy atom.